The van der Waals surface area contributed by atoms with Gasteiger partial charge in [-0.2, -0.15) is 0 Å². The van der Waals surface area contributed by atoms with E-state index in [9.17, 15) is 24.3 Å². The number of cyclic esters (lactones) is 1. The maximum Gasteiger partial charge on any atom is 0.410 e. The summed E-state index contributed by atoms with van der Waals surface area (Å²) < 4.78 is 33.0. The molecule has 0 aromatic carbocycles. The molecule has 0 radical (unpaired) electrons. The summed E-state index contributed by atoms with van der Waals surface area (Å²) >= 11 is 0. The van der Waals surface area contributed by atoms with E-state index < -0.39 is 83.4 Å². The number of pyridine rings is 1. The second-order valence-corrected chi connectivity index (χ2v) is 17.5. The predicted molar refractivity (Wildman–Crippen MR) is 217 cm³/mol. The molecule has 328 valence electrons. The van der Waals surface area contributed by atoms with Gasteiger partial charge in [0, 0.05) is 62.0 Å². The number of carbonyl (C=O) groups is 4. The minimum absolute atomic E-state index is 0.128. The van der Waals surface area contributed by atoms with Gasteiger partial charge in [-0.25, -0.2) is 4.79 Å². The number of Topliss-reactive ketones (excluding diaryl/α,β-unsaturated/α-hetero) is 2. The second kappa shape index (κ2) is 19.3. The van der Waals surface area contributed by atoms with Crippen LogP contribution in [0.5, 0.6) is 0 Å². The van der Waals surface area contributed by atoms with Gasteiger partial charge in [-0.3, -0.25) is 24.0 Å². The number of methoxy groups -OCH3 is 1. The summed E-state index contributed by atoms with van der Waals surface area (Å²) in [7, 11) is 5.24. The number of ether oxygens (including phenoxy) is 5. The third kappa shape index (κ3) is 9.88. The van der Waals surface area contributed by atoms with Gasteiger partial charge in [-0.15, -0.1) is 5.10 Å². The van der Waals surface area contributed by atoms with Crippen molar-refractivity contribution in [2.45, 2.75) is 154 Å². The summed E-state index contributed by atoms with van der Waals surface area (Å²) in [5.41, 5.74) is -1.06. The molecule has 16 heteroatoms. The van der Waals surface area contributed by atoms with Crippen molar-refractivity contribution in [2.75, 3.05) is 27.7 Å². The van der Waals surface area contributed by atoms with Gasteiger partial charge >= 0.3 is 12.1 Å². The van der Waals surface area contributed by atoms with Crippen molar-refractivity contribution in [3.8, 4) is 11.3 Å². The fourth-order valence-corrected chi connectivity index (χ4v) is 9.50. The first-order chi connectivity index (χ1) is 27.9. The Bertz CT molecular complexity index is 1760. The van der Waals surface area contributed by atoms with Crippen LogP contribution < -0.4 is 0 Å². The summed E-state index contributed by atoms with van der Waals surface area (Å²) in [6.45, 7) is 14.9. The average Bonchev–Trinajstić information content (AvgIpc) is 3.79. The van der Waals surface area contributed by atoms with Crippen LogP contribution in [0.15, 0.2) is 30.7 Å². The molecule has 5 rings (SSSR count). The lowest BCUT2D eigenvalue weighted by atomic mass is 9.73. The Balaban J connectivity index is 1.40. The molecule has 3 fully saturated rings. The number of unbranched alkanes of at least 4 members (excludes halogenated alkanes) is 2. The van der Waals surface area contributed by atoms with E-state index in [1.807, 2.05) is 58.1 Å². The summed E-state index contributed by atoms with van der Waals surface area (Å²) in [5, 5.41) is 20.0. The maximum atomic E-state index is 14.7. The number of esters is 1. The number of aryl methyl sites for hydroxylation is 1. The fourth-order valence-electron chi connectivity index (χ4n) is 9.50. The molecule has 3 saturated heterocycles. The number of carbonyl (C=O) groups excluding carboxylic acids is 4. The highest BCUT2D eigenvalue weighted by atomic mass is 16.7. The largest absolute Gasteiger partial charge is 0.458 e. The first-order valence-electron chi connectivity index (χ1n) is 21.1. The Morgan fingerprint density at radius 1 is 1.00 bits per heavy atom. The third-order valence-corrected chi connectivity index (χ3v) is 12.9. The van der Waals surface area contributed by atoms with E-state index >= 15 is 0 Å². The summed E-state index contributed by atoms with van der Waals surface area (Å²) in [5.74, 6) is -4.96. The first-order valence-corrected chi connectivity index (χ1v) is 21.1. The molecule has 2 aromatic rings. The number of hydrogen-bond acceptors (Lipinski definition) is 14. The molecule has 13 atom stereocenters. The minimum Gasteiger partial charge on any atom is -0.458 e. The maximum absolute atomic E-state index is 14.7. The Kier molecular flexibility index (Phi) is 15.1. The highest BCUT2D eigenvalue weighted by Crippen LogP contribution is 2.43. The highest BCUT2D eigenvalue weighted by molar-refractivity contribution is 6.00. The van der Waals surface area contributed by atoms with Crippen LogP contribution in [0.4, 0.5) is 4.79 Å². The Morgan fingerprint density at radius 3 is 2.36 bits per heavy atom. The Hall–Kier alpha value is -3.83. The van der Waals surface area contributed by atoms with Crippen molar-refractivity contribution in [1.29, 1.82) is 0 Å². The van der Waals surface area contributed by atoms with E-state index in [2.05, 4.69) is 15.3 Å². The normalized spacial score (nSPS) is 36.3. The molecule has 0 bridgehead atoms. The van der Waals surface area contributed by atoms with E-state index in [0.717, 1.165) is 24.1 Å². The van der Waals surface area contributed by atoms with Gasteiger partial charge < -0.3 is 38.6 Å². The van der Waals surface area contributed by atoms with E-state index in [0.29, 0.717) is 25.9 Å². The highest BCUT2D eigenvalue weighted by Gasteiger charge is 2.60. The van der Waals surface area contributed by atoms with E-state index in [1.54, 1.807) is 49.7 Å². The van der Waals surface area contributed by atoms with Crippen LogP contribution in [-0.4, -0.2) is 140 Å². The van der Waals surface area contributed by atoms with Gasteiger partial charge in [0.25, 0.3) is 0 Å². The molecule has 59 heavy (non-hydrogen) atoms. The van der Waals surface area contributed by atoms with Crippen molar-refractivity contribution in [3.63, 3.8) is 0 Å². The topological polar surface area (TPSA) is 185 Å². The number of hydrogen-bond donors (Lipinski definition) is 1. The SMILES string of the molecule is CC[C@H]1OC(=O)[C@H](C)C(=O)[C@H](C)[C@@H](OC2OC(C)CC(N(C)C)C2O)C(C)(OC)C[C@@H](C)C(=O)[C@H](C)[C@H]2N(CCCCCn3cc(-c4cccnc4)nn3)C(=O)O[C@]12C. The van der Waals surface area contributed by atoms with Crippen molar-refractivity contribution in [1.82, 2.24) is 29.8 Å². The lowest BCUT2D eigenvalue weighted by Gasteiger charge is -2.47. The standard InChI is InChI=1S/C43H66N6O10/c1-12-33-43(8)37(49(41(54)59-43)20-15-13-14-19-48-24-31(45-46-48)30-17-16-18-44-23-30)27(4)34(50)25(2)22-42(7,55-11)38(28(5)35(51)29(6)39(53)57-33)58-40-36(52)32(47(9)10)21-26(3)56-40/h16-18,23-29,32-33,36-38,40,52H,12-15,19-22H2,1-11H3/t25-,26?,27+,28+,29-,32?,33-,36?,37-,38-,40?,42?,43-/m1/s1. The Labute approximate surface area is 348 Å². The van der Waals surface area contributed by atoms with Crippen LogP contribution in [0.3, 0.4) is 0 Å². The lowest BCUT2D eigenvalue weighted by molar-refractivity contribution is -0.295. The molecular weight excluding hydrogens is 761 g/mol. The second-order valence-electron chi connectivity index (χ2n) is 17.5. The number of aromatic nitrogens is 4. The van der Waals surface area contributed by atoms with Gasteiger partial charge in [0.1, 0.15) is 29.6 Å². The number of amides is 1. The van der Waals surface area contributed by atoms with Crippen LogP contribution in [0, 0.1) is 23.7 Å². The summed E-state index contributed by atoms with van der Waals surface area (Å²) in [6.07, 6.45) is 3.39. The molecule has 1 amide bonds. The first kappa shape index (κ1) is 46.2. The van der Waals surface area contributed by atoms with Crippen molar-refractivity contribution >= 4 is 23.6 Å². The molecule has 2 aromatic heterocycles. The smallest absolute Gasteiger partial charge is 0.410 e. The average molecular weight is 827 g/mol. The molecule has 3 aliphatic rings. The molecule has 0 saturated carbocycles. The van der Waals surface area contributed by atoms with Crippen LogP contribution in [0.1, 0.15) is 93.9 Å². The minimum atomic E-state index is -1.40. The lowest BCUT2D eigenvalue weighted by Crippen LogP contribution is -2.60. The number of likely N-dealkylation sites (N-methyl/N-ethyl adjacent to an activating group) is 1. The number of rotatable bonds is 12. The monoisotopic (exact) mass is 826 g/mol. The zero-order chi connectivity index (χ0) is 43.4. The van der Waals surface area contributed by atoms with Gasteiger partial charge in [-0.1, -0.05) is 32.9 Å². The van der Waals surface area contributed by atoms with E-state index in [1.165, 1.54) is 14.0 Å². The number of aliphatic hydroxyl groups excluding tert-OH is 1. The van der Waals surface area contributed by atoms with Gasteiger partial charge in [0.2, 0.25) is 0 Å². The van der Waals surface area contributed by atoms with Crippen LogP contribution in [0.25, 0.3) is 11.3 Å². The fraction of sp³-hybridized carbons (Fsp3) is 0.744. The van der Waals surface area contributed by atoms with Gasteiger partial charge in [0.05, 0.1) is 30.0 Å². The summed E-state index contributed by atoms with van der Waals surface area (Å²) in [4.78, 5) is 64.5. The number of nitrogens with zero attached hydrogens (tertiary/aromatic N) is 6. The molecule has 5 unspecified atom stereocenters. The zero-order valence-corrected chi connectivity index (χ0v) is 36.7. The van der Waals surface area contributed by atoms with Crippen molar-refractivity contribution in [2.24, 2.45) is 23.7 Å². The number of ketones is 2. The quantitative estimate of drug-likeness (QED) is 0.176. The van der Waals surface area contributed by atoms with Crippen LogP contribution in [-0.2, 0) is 44.6 Å². The zero-order valence-electron chi connectivity index (χ0n) is 36.7. The molecule has 5 heterocycles. The molecule has 1 N–H and O–H groups in total. The van der Waals surface area contributed by atoms with Crippen LogP contribution in [0.2, 0.25) is 0 Å². The molecule has 3 aliphatic heterocycles. The van der Waals surface area contributed by atoms with Crippen molar-refractivity contribution in [3.05, 3.63) is 30.7 Å². The molecule has 16 nitrogen and oxygen atoms in total. The molecule has 0 aliphatic carbocycles. The van der Waals surface area contributed by atoms with Crippen LogP contribution >= 0.6 is 0 Å². The van der Waals surface area contributed by atoms with E-state index in [4.69, 9.17) is 23.7 Å². The number of aliphatic hydroxyl groups is 1. The Morgan fingerprint density at radius 2 is 1.71 bits per heavy atom. The van der Waals surface area contributed by atoms with Crippen molar-refractivity contribution < 1.29 is 48.0 Å². The predicted octanol–water partition coefficient (Wildman–Crippen LogP) is 4.71. The summed E-state index contributed by atoms with van der Waals surface area (Å²) in [6, 6.07) is 2.70. The van der Waals surface area contributed by atoms with E-state index in [-0.39, 0.29) is 30.8 Å². The molecule has 0 spiro atoms. The van der Waals surface area contributed by atoms with Gasteiger partial charge in [-0.05, 0) is 92.4 Å². The third-order valence-electron chi connectivity index (χ3n) is 12.9. The van der Waals surface area contributed by atoms with Gasteiger partial charge in [0.15, 0.2) is 17.7 Å². The molecular formula is C43H66N6O10. The number of fused-ring (bicyclic) bond motifs is 1.